The Labute approximate surface area is 171 Å². The van der Waals surface area contributed by atoms with E-state index < -0.39 is 0 Å². The van der Waals surface area contributed by atoms with E-state index in [1.54, 1.807) is 6.07 Å². The molecule has 150 valence electrons. The third-order valence-corrected chi connectivity index (χ3v) is 4.20. The van der Waals surface area contributed by atoms with E-state index in [1.165, 1.54) is 0 Å². The van der Waals surface area contributed by atoms with Gasteiger partial charge in [0.2, 0.25) is 5.95 Å². The van der Waals surface area contributed by atoms with Gasteiger partial charge in [-0.1, -0.05) is 17.7 Å². The molecule has 0 atom stereocenters. The van der Waals surface area contributed by atoms with Crippen molar-refractivity contribution < 1.29 is 9.53 Å². The largest absolute Gasteiger partial charge is 0.491 e. The Kier molecular flexibility index (Phi) is 6.12. The van der Waals surface area contributed by atoms with Gasteiger partial charge in [-0.2, -0.15) is 0 Å². The summed E-state index contributed by atoms with van der Waals surface area (Å²) in [6, 6.07) is 15.1. The van der Waals surface area contributed by atoms with Gasteiger partial charge in [0.1, 0.15) is 11.4 Å². The molecule has 1 heterocycles. The van der Waals surface area contributed by atoms with E-state index in [1.807, 2.05) is 77.1 Å². The zero-order valence-corrected chi connectivity index (χ0v) is 17.4. The number of hydrogen-bond acceptors (Lipinski definition) is 5. The lowest BCUT2D eigenvalue weighted by atomic mass is 10.1. The van der Waals surface area contributed by atoms with Gasteiger partial charge in [0.05, 0.1) is 6.10 Å². The van der Waals surface area contributed by atoms with Gasteiger partial charge < -0.3 is 15.4 Å². The molecule has 0 saturated heterocycles. The van der Waals surface area contributed by atoms with E-state index in [0.717, 1.165) is 28.3 Å². The van der Waals surface area contributed by atoms with Crippen molar-refractivity contribution in [3.05, 3.63) is 71.0 Å². The van der Waals surface area contributed by atoms with Gasteiger partial charge in [-0.3, -0.25) is 4.79 Å². The molecule has 0 radical (unpaired) electrons. The lowest BCUT2D eigenvalue weighted by molar-refractivity contribution is 0.102. The predicted molar refractivity (Wildman–Crippen MR) is 116 cm³/mol. The lowest BCUT2D eigenvalue weighted by Crippen LogP contribution is -2.16. The maximum atomic E-state index is 12.7. The van der Waals surface area contributed by atoms with E-state index in [-0.39, 0.29) is 12.0 Å². The zero-order valence-electron chi connectivity index (χ0n) is 17.4. The molecule has 0 fully saturated rings. The van der Waals surface area contributed by atoms with Gasteiger partial charge in [-0.05, 0) is 76.6 Å². The molecule has 3 rings (SSSR count). The van der Waals surface area contributed by atoms with Crippen LogP contribution < -0.4 is 15.4 Å². The number of benzene rings is 2. The number of aromatic nitrogens is 2. The van der Waals surface area contributed by atoms with Crippen LogP contribution in [0.1, 0.15) is 41.2 Å². The van der Waals surface area contributed by atoms with Crippen molar-refractivity contribution in [1.29, 1.82) is 0 Å². The molecule has 6 heteroatoms. The van der Waals surface area contributed by atoms with Crippen molar-refractivity contribution in [2.45, 2.75) is 40.7 Å². The third kappa shape index (κ3) is 5.54. The highest BCUT2D eigenvalue weighted by molar-refractivity contribution is 6.03. The van der Waals surface area contributed by atoms with Crippen LogP contribution in [0.2, 0.25) is 0 Å². The summed E-state index contributed by atoms with van der Waals surface area (Å²) in [6.45, 7) is 9.79. The summed E-state index contributed by atoms with van der Waals surface area (Å²) in [5, 5.41) is 6.07. The molecule has 0 aliphatic carbocycles. The van der Waals surface area contributed by atoms with Crippen LogP contribution in [0.15, 0.2) is 48.5 Å². The Hall–Kier alpha value is -3.41. The van der Waals surface area contributed by atoms with Crippen molar-refractivity contribution in [2.75, 3.05) is 10.6 Å². The normalized spacial score (nSPS) is 10.7. The van der Waals surface area contributed by atoms with Crippen LogP contribution in [0.4, 0.5) is 17.3 Å². The smallest absolute Gasteiger partial charge is 0.274 e. The van der Waals surface area contributed by atoms with Crippen molar-refractivity contribution >= 4 is 23.2 Å². The first-order chi connectivity index (χ1) is 13.8. The summed E-state index contributed by atoms with van der Waals surface area (Å²) in [6.07, 6.45) is 0.118. The first-order valence-corrected chi connectivity index (χ1v) is 9.58. The highest BCUT2D eigenvalue weighted by Crippen LogP contribution is 2.20. The van der Waals surface area contributed by atoms with Crippen molar-refractivity contribution in [2.24, 2.45) is 0 Å². The van der Waals surface area contributed by atoms with Gasteiger partial charge in [0, 0.05) is 17.1 Å². The van der Waals surface area contributed by atoms with Gasteiger partial charge in [-0.15, -0.1) is 0 Å². The fourth-order valence-corrected chi connectivity index (χ4v) is 2.90. The van der Waals surface area contributed by atoms with Crippen LogP contribution in [0.3, 0.4) is 0 Å². The SMILES string of the molecule is Cc1ccc(NC(=O)c2cc(C)nc(Nc3ccc(OC(C)C)cc3)n2)c(C)c1. The van der Waals surface area contributed by atoms with Gasteiger partial charge >= 0.3 is 0 Å². The lowest BCUT2D eigenvalue weighted by Gasteiger charge is -2.12. The number of hydrogen-bond donors (Lipinski definition) is 2. The van der Waals surface area contributed by atoms with E-state index in [9.17, 15) is 4.79 Å². The Bertz CT molecular complexity index is 1010. The van der Waals surface area contributed by atoms with Gasteiger partial charge in [0.25, 0.3) is 5.91 Å². The quantitative estimate of drug-likeness (QED) is 0.606. The molecule has 29 heavy (non-hydrogen) atoms. The monoisotopic (exact) mass is 390 g/mol. The summed E-state index contributed by atoms with van der Waals surface area (Å²) in [4.78, 5) is 21.5. The third-order valence-electron chi connectivity index (χ3n) is 4.20. The van der Waals surface area contributed by atoms with Crippen LogP contribution >= 0.6 is 0 Å². The Balaban J connectivity index is 1.76. The minimum atomic E-state index is -0.272. The minimum Gasteiger partial charge on any atom is -0.491 e. The van der Waals surface area contributed by atoms with Crippen LogP contribution in [0.25, 0.3) is 0 Å². The van der Waals surface area contributed by atoms with E-state index in [2.05, 4.69) is 20.6 Å². The first-order valence-electron chi connectivity index (χ1n) is 9.58. The highest BCUT2D eigenvalue weighted by atomic mass is 16.5. The van der Waals surface area contributed by atoms with Crippen LogP contribution in [0.5, 0.6) is 5.75 Å². The first kappa shape index (κ1) is 20.3. The van der Waals surface area contributed by atoms with Crippen LogP contribution in [0, 0.1) is 20.8 Å². The number of carbonyl (C=O) groups excluding carboxylic acids is 1. The summed E-state index contributed by atoms with van der Waals surface area (Å²) in [5.41, 5.74) is 4.74. The van der Waals surface area contributed by atoms with Crippen LogP contribution in [-0.2, 0) is 0 Å². The average molecular weight is 390 g/mol. The maximum Gasteiger partial charge on any atom is 0.274 e. The summed E-state index contributed by atoms with van der Waals surface area (Å²) >= 11 is 0. The van der Waals surface area contributed by atoms with E-state index in [4.69, 9.17) is 4.74 Å². The number of nitrogens with one attached hydrogen (secondary N) is 2. The number of aryl methyl sites for hydroxylation is 3. The fraction of sp³-hybridized carbons (Fsp3) is 0.261. The Morgan fingerprint density at radius 1 is 0.966 bits per heavy atom. The molecule has 2 aromatic carbocycles. The second kappa shape index (κ2) is 8.73. The van der Waals surface area contributed by atoms with Crippen molar-refractivity contribution in [1.82, 2.24) is 9.97 Å². The van der Waals surface area contributed by atoms with Crippen molar-refractivity contribution in [3.63, 3.8) is 0 Å². The molecule has 0 aliphatic rings. The molecule has 6 nitrogen and oxygen atoms in total. The van der Waals surface area contributed by atoms with Crippen molar-refractivity contribution in [3.8, 4) is 5.75 Å². The second-order valence-electron chi connectivity index (χ2n) is 7.31. The molecule has 0 unspecified atom stereocenters. The maximum absolute atomic E-state index is 12.7. The molecule has 0 aliphatic heterocycles. The number of nitrogens with zero attached hydrogens (tertiary/aromatic N) is 2. The number of anilines is 3. The molecular weight excluding hydrogens is 364 g/mol. The number of carbonyl (C=O) groups is 1. The van der Waals surface area contributed by atoms with E-state index in [0.29, 0.717) is 17.3 Å². The molecule has 2 N–H and O–H groups in total. The highest BCUT2D eigenvalue weighted by Gasteiger charge is 2.12. The second-order valence-corrected chi connectivity index (χ2v) is 7.31. The summed E-state index contributed by atoms with van der Waals surface area (Å²) < 4.78 is 5.65. The topological polar surface area (TPSA) is 76.1 Å². The minimum absolute atomic E-state index is 0.118. The number of rotatable bonds is 6. The van der Waals surface area contributed by atoms with Crippen LogP contribution in [-0.4, -0.2) is 22.0 Å². The number of ether oxygens (including phenoxy) is 1. The molecule has 0 spiro atoms. The van der Waals surface area contributed by atoms with Gasteiger partial charge in [-0.25, -0.2) is 9.97 Å². The zero-order chi connectivity index (χ0) is 21.0. The molecule has 1 aromatic heterocycles. The Morgan fingerprint density at radius 2 is 1.69 bits per heavy atom. The number of amides is 1. The van der Waals surface area contributed by atoms with Gasteiger partial charge in [0.15, 0.2) is 0 Å². The fourth-order valence-electron chi connectivity index (χ4n) is 2.90. The Morgan fingerprint density at radius 3 is 2.34 bits per heavy atom. The molecule has 0 saturated carbocycles. The summed E-state index contributed by atoms with van der Waals surface area (Å²) in [5.74, 6) is 0.892. The molecular formula is C23H26N4O2. The molecule has 3 aromatic rings. The predicted octanol–water partition coefficient (Wildman–Crippen LogP) is 5.18. The average Bonchev–Trinajstić information content (AvgIpc) is 2.64. The molecule has 1 amide bonds. The molecule has 0 bridgehead atoms. The standard InChI is InChI=1S/C23H26N4O2/c1-14(2)29-19-9-7-18(8-10-19)25-23-24-17(5)13-21(27-23)22(28)26-20-11-6-15(3)12-16(20)4/h6-14H,1-5H3,(H,26,28)(H,24,25,27). The summed E-state index contributed by atoms with van der Waals surface area (Å²) in [7, 11) is 0. The van der Waals surface area contributed by atoms with E-state index >= 15 is 0 Å².